The Morgan fingerprint density at radius 2 is 1.82 bits per heavy atom. The quantitative estimate of drug-likeness (QED) is 0.583. The van der Waals surface area contributed by atoms with E-state index in [1.165, 1.54) is 0 Å². The Hall–Kier alpha value is -4.13. The largest absolute Gasteiger partial charge is 0.457 e. The number of rotatable bonds is 5. The van der Waals surface area contributed by atoms with Gasteiger partial charge >= 0.3 is 6.03 Å². The van der Waals surface area contributed by atoms with Gasteiger partial charge in [-0.15, -0.1) is 0 Å². The lowest BCUT2D eigenvalue weighted by Gasteiger charge is -2.22. The molecule has 1 atom stereocenters. The predicted molar refractivity (Wildman–Crippen MR) is 123 cm³/mol. The molecule has 0 aromatic heterocycles. The minimum atomic E-state index is -1.07. The Morgan fingerprint density at radius 3 is 2.61 bits per heavy atom. The predicted octanol–water partition coefficient (Wildman–Crippen LogP) is 4.12. The van der Waals surface area contributed by atoms with Crippen LogP contribution in [0.5, 0.6) is 11.5 Å². The second kappa shape index (κ2) is 8.09. The number of benzene rings is 3. The van der Waals surface area contributed by atoms with Crippen LogP contribution < -0.4 is 15.4 Å². The first-order valence-corrected chi connectivity index (χ1v) is 10.8. The Morgan fingerprint density at radius 1 is 1.03 bits per heavy atom. The standard InChI is InChI=1S/C26H23N3O4/c1-17-5-4-7-21(15-17)33-20-11-9-19(10-12-20)27-23(30)16-29-24(31)26(28-25(29)32)14-13-18-6-2-3-8-22(18)26/h2-12,15H,13-14,16H2,1H3,(H,27,30)(H,28,32). The molecule has 2 N–H and O–H groups in total. The summed E-state index contributed by atoms with van der Waals surface area (Å²) in [5.74, 6) is 0.533. The summed E-state index contributed by atoms with van der Waals surface area (Å²) in [5.41, 5.74) is 2.44. The molecule has 0 radical (unpaired) electrons. The Labute approximate surface area is 191 Å². The highest BCUT2D eigenvalue weighted by molar-refractivity contribution is 6.10. The molecule has 166 valence electrons. The number of ether oxygens (including phenoxy) is 1. The molecule has 1 unspecified atom stereocenters. The van der Waals surface area contributed by atoms with Gasteiger partial charge in [0.15, 0.2) is 0 Å². The van der Waals surface area contributed by atoms with E-state index in [0.717, 1.165) is 27.3 Å². The maximum absolute atomic E-state index is 13.2. The molecule has 1 fully saturated rings. The zero-order valence-electron chi connectivity index (χ0n) is 18.1. The van der Waals surface area contributed by atoms with Crippen LogP contribution in [0.15, 0.2) is 72.8 Å². The van der Waals surface area contributed by atoms with Gasteiger partial charge in [0, 0.05) is 5.69 Å². The van der Waals surface area contributed by atoms with Crippen LogP contribution in [0.2, 0.25) is 0 Å². The van der Waals surface area contributed by atoms with E-state index in [2.05, 4.69) is 10.6 Å². The zero-order valence-corrected chi connectivity index (χ0v) is 18.1. The van der Waals surface area contributed by atoms with Crippen molar-refractivity contribution in [2.24, 2.45) is 0 Å². The minimum Gasteiger partial charge on any atom is -0.457 e. The number of urea groups is 1. The summed E-state index contributed by atoms with van der Waals surface area (Å²) in [6, 6.07) is 21.7. The van der Waals surface area contributed by atoms with Crippen LogP contribution >= 0.6 is 0 Å². The highest BCUT2D eigenvalue weighted by atomic mass is 16.5. The van der Waals surface area contributed by atoms with E-state index < -0.39 is 17.5 Å². The maximum atomic E-state index is 13.2. The third kappa shape index (κ3) is 3.82. The van der Waals surface area contributed by atoms with Crippen LogP contribution in [0, 0.1) is 6.92 Å². The van der Waals surface area contributed by atoms with E-state index in [1.54, 1.807) is 24.3 Å². The average molecular weight is 441 g/mol. The van der Waals surface area contributed by atoms with Crippen molar-refractivity contribution in [1.29, 1.82) is 0 Å². The molecule has 33 heavy (non-hydrogen) atoms. The van der Waals surface area contributed by atoms with Crippen molar-refractivity contribution >= 4 is 23.5 Å². The molecule has 0 saturated carbocycles. The lowest BCUT2D eigenvalue weighted by molar-refractivity contribution is -0.134. The Bertz CT molecular complexity index is 1250. The highest BCUT2D eigenvalue weighted by Gasteiger charge is 2.55. The summed E-state index contributed by atoms with van der Waals surface area (Å²) < 4.78 is 5.82. The molecular weight excluding hydrogens is 418 g/mol. The normalized spacial score (nSPS) is 18.9. The van der Waals surface area contributed by atoms with Gasteiger partial charge in [-0.2, -0.15) is 0 Å². The SMILES string of the molecule is Cc1cccc(Oc2ccc(NC(=O)CN3C(=O)NC4(CCc5ccccc54)C3=O)cc2)c1. The highest BCUT2D eigenvalue weighted by Crippen LogP contribution is 2.41. The smallest absolute Gasteiger partial charge is 0.325 e. The van der Waals surface area contributed by atoms with Crippen molar-refractivity contribution < 1.29 is 19.1 Å². The second-order valence-electron chi connectivity index (χ2n) is 8.38. The molecule has 7 nitrogen and oxygen atoms in total. The summed E-state index contributed by atoms with van der Waals surface area (Å²) in [6.07, 6.45) is 1.20. The number of hydrogen-bond acceptors (Lipinski definition) is 4. The topological polar surface area (TPSA) is 87.7 Å². The van der Waals surface area contributed by atoms with Crippen molar-refractivity contribution in [3.8, 4) is 11.5 Å². The molecule has 1 heterocycles. The van der Waals surface area contributed by atoms with Gasteiger partial charge in [0.25, 0.3) is 5.91 Å². The number of imide groups is 1. The van der Waals surface area contributed by atoms with Gasteiger partial charge in [0.1, 0.15) is 23.6 Å². The molecule has 1 aliphatic carbocycles. The van der Waals surface area contributed by atoms with Crippen molar-refractivity contribution in [2.75, 3.05) is 11.9 Å². The summed E-state index contributed by atoms with van der Waals surface area (Å²) in [7, 11) is 0. The van der Waals surface area contributed by atoms with E-state index in [9.17, 15) is 14.4 Å². The minimum absolute atomic E-state index is 0.351. The van der Waals surface area contributed by atoms with Crippen molar-refractivity contribution in [3.63, 3.8) is 0 Å². The molecule has 3 aromatic rings. The summed E-state index contributed by atoms with van der Waals surface area (Å²) >= 11 is 0. The Balaban J connectivity index is 1.23. The van der Waals surface area contributed by atoms with E-state index in [1.807, 2.05) is 55.5 Å². The molecule has 2 aliphatic rings. The molecule has 7 heteroatoms. The van der Waals surface area contributed by atoms with Gasteiger partial charge < -0.3 is 15.4 Å². The van der Waals surface area contributed by atoms with E-state index in [4.69, 9.17) is 4.74 Å². The third-order valence-corrected chi connectivity index (χ3v) is 6.09. The molecule has 5 rings (SSSR count). The molecule has 0 bridgehead atoms. The number of amides is 4. The maximum Gasteiger partial charge on any atom is 0.325 e. The number of fused-ring (bicyclic) bond motifs is 2. The van der Waals surface area contributed by atoms with Gasteiger partial charge in [0.2, 0.25) is 5.91 Å². The Kier molecular flexibility index (Phi) is 5.09. The number of carbonyl (C=O) groups is 3. The van der Waals surface area contributed by atoms with Crippen molar-refractivity contribution in [2.45, 2.75) is 25.3 Å². The molecular formula is C26H23N3O4. The van der Waals surface area contributed by atoms with Gasteiger partial charge in [-0.25, -0.2) is 4.79 Å². The van der Waals surface area contributed by atoms with Crippen LogP contribution in [0.3, 0.4) is 0 Å². The monoisotopic (exact) mass is 441 g/mol. The number of aryl methyl sites for hydroxylation is 2. The molecule has 3 aromatic carbocycles. The van der Waals surface area contributed by atoms with Crippen molar-refractivity contribution in [1.82, 2.24) is 10.2 Å². The lowest BCUT2D eigenvalue weighted by Crippen LogP contribution is -2.42. The van der Waals surface area contributed by atoms with E-state index in [-0.39, 0.29) is 12.5 Å². The molecule has 4 amide bonds. The first kappa shape index (κ1) is 20.8. The van der Waals surface area contributed by atoms with Crippen LogP contribution in [0.1, 0.15) is 23.1 Å². The van der Waals surface area contributed by atoms with Gasteiger partial charge in [0.05, 0.1) is 0 Å². The first-order chi connectivity index (χ1) is 15.9. The van der Waals surface area contributed by atoms with Crippen LogP contribution in [0.4, 0.5) is 10.5 Å². The van der Waals surface area contributed by atoms with Crippen LogP contribution in [0.25, 0.3) is 0 Å². The second-order valence-corrected chi connectivity index (χ2v) is 8.38. The summed E-state index contributed by atoms with van der Waals surface area (Å²) in [6.45, 7) is 1.64. The third-order valence-electron chi connectivity index (χ3n) is 6.09. The zero-order chi connectivity index (χ0) is 23.0. The molecule has 1 spiro atoms. The first-order valence-electron chi connectivity index (χ1n) is 10.8. The fourth-order valence-electron chi connectivity index (χ4n) is 4.50. The number of nitrogens with one attached hydrogen (secondary N) is 2. The molecule has 1 saturated heterocycles. The average Bonchev–Trinajstić information content (AvgIpc) is 3.28. The summed E-state index contributed by atoms with van der Waals surface area (Å²) in [4.78, 5) is 39.4. The fraction of sp³-hybridized carbons (Fsp3) is 0.192. The van der Waals surface area contributed by atoms with Crippen molar-refractivity contribution in [3.05, 3.63) is 89.5 Å². The fourth-order valence-corrected chi connectivity index (χ4v) is 4.50. The van der Waals surface area contributed by atoms with Gasteiger partial charge in [-0.3, -0.25) is 14.5 Å². The lowest BCUT2D eigenvalue weighted by atomic mass is 9.92. The molecule has 1 aliphatic heterocycles. The number of anilines is 1. The van der Waals surface area contributed by atoms with E-state index in [0.29, 0.717) is 24.3 Å². The number of hydrogen-bond donors (Lipinski definition) is 2. The summed E-state index contributed by atoms with van der Waals surface area (Å²) in [5, 5.41) is 5.57. The van der Waals surface area contributed by atoms with Gasteiger partial charge in [-0.1, -0.05) is 36.4 Å². The van der Waals surface area contributed by atoms with Crippen LogP contribution in [-0.4, -0.2) is 29.3 Å². The number of carbonyl (C=O) groups excluding carboxylic acids is 3. The van der Waals surface area contributed by atoms with Gasteiger partial charge in [-0.05, 0) is 72.9 Å². The van der Waals surface area contributed by atoms with E-state index >= 15 is 0 Å². The number of nitrogens with zero attached hydrogens (tertiary/aromatic N) is 1. The van der Waals surface area contributed by atoms with Crippen LogP contribution in [-0.2, 0) is 21.5 Å².